The van der Waals surface area contributed by atoms with E-state index in [1.807, 2.05) is 67.3 Å². The molecule has 0 radical (unpaired) electrons. The first-order valence-electron chi connectivity index (χ1n) is 9.97. The lowest BCUT2D eigenvalue weighted by atomic mass is 10.1. The van der Waals surface area contributed by atoms with E-state index in [0.717, 1.165) is 48.5 Å². The molecule has 2 aromatic carbocycles. The number of aliphatic hydroxyl groups is 1. The zero-order chi connectivity index (χ0) is 19.9. The summed E-state index contributed by atoms with van der Waals surface area (Å²) >= 11 is 0. The van der Waals surface area contributed by atoms with Crippen LogP contribution in [-0.2, 0) is 0 Å². The van der Waals surface area contributed by atoms with Crippen LogP contribution in [0.5, 0.6) is 5.75 Å². The maximum absolute atomic E-state index is 12.8. The Balaban J connectivity index is 1.47. The number of benzene rings is 2. The number of hydrogen-bond donors (Lipinski definition) is 1. The van der Waals surface area contributed by atoms with Crippen LogP contribution in [0.2, 0.25) is 0 Å². The Bertz CT molecular complexity index is 793. The van der Waals surface area contributed by atoms with Crippen molar-refractivity contribution >= 4 is 5.91 Å². The zero-order valence-electron chi connectivity index (χ0n) is 16.8. The highest BCUT2D eigenvalue weighted by molar-refractivity contribution is 5.94. The van der Waals surface area contributed by atoms with Crippen LogP contribution in [0.25, 0.3) is 0 Å². The molecule has 2 aromatic rings. The summed E-state index contributed by atoms with van der Waals surface area (Å²) in [6.07, 6.45) is 0.350. The van der Waals surface area contributed by atoms with Crippen LogP contribution >= 0.6 is 0 Å². The summed E-state index contributed by atoms with van der Waals surface area (Å²) in [7, 11) is 0. The molecule has 1 aliphatic rings. The molecule has 1 N–H and O–H groups in total. The van der Waals surface area contributed by atoms with Crippen molar-refractivity contribution < 1.29 is 14.6 Å². The van der Waals surface area contributed by atoms with Gasteiger partial charge in [0.05, 0.1) is 0 Å². The summed E-state index contributed by atoms with van der Waals surface area (Å²) in [6, 6.07) is 15.6. The second kappa shape index (κ2) is 9.71. The van der Waals surface area contributed by atoms with E-state index in [9.17, 15) is 9.90 Å². The molecule has 0 spiro atoms. The maximum Gasteiger partial charge on any atom is 0.253 e. The standard InChI is InChI=1S/C23H30N2O3/c1-18-6-3-8-20(14-18)23(27)25-11-5-10-24(12-13-25)16-21(26)17-28-22-9-4-7-19(2)15-22/h3-4,6-9,14-15,21,26H,5,10-13,16-17H2,1-2H3. The Morgan fingerprint density at radius 3 is 2.54 bits per heavy atom. The molecule has 5 heteroatoms. The summed E-state index contributed by atoms with van der Waals surface area (Å²) in [6.45, 7) is 7.91. The highest BCUT2D eigenvalue weighted by atomic mass is 16.5. The highest BCUT2D eigenvalue weighted by Gasteiger charge is 2.21. The quantitative estimate of drug-likeness (QED) is 0.835. The van der Waals surface area contributed by atoms with Gasteiger partial charge in [-0.15, -0.1) is 0 Å². The fourth-order valence-electron chi connectivity index (χ4n) is 3.57. The summed E-state index contributed by atoms with van der Waals surface area (Å²) in [4.78, 5) is 16.9. The van der Waals surface area contributed by atoms with Crippen molar-refractivity contribution in [1.29, 1.82) is 0 Å². The topological polar surface area (TPSA) is 53.0 Å². The second-order valence-electron chi connectivity index (χ2n) is 7.60. The van der Waals surface area contributed by atoms with E-state index in [1.165, 1.54) is 0 Å². The Morgan fingerprint density at radius 1 is 1.04 bits per heavy atom. The molecule has 3 rings (SSSR count). The molecule has 1 aliphatic heterocycles. The van der Waals surface area contributed by atoms with Gasteiger partial charge in [0.1, 0.15) is 18.5 Å². The molecular weight excluding hydrogens is 352 g/mol. The Morgan fingerprint density at radius 2 is 1.79 bits per heavy atom. The molecule has 1 saturated heterocycles. The van der Waals surface area contributed by atoms with Gasteiger partial charge in [0.2, 0.25) is 0 Å². The summed E-state index contributed by atoms with van der Waals surface area (Å²) in [5.74, 6) is 0.874. The molecule has 1 heterocycles. The lowest BCUT2D eigenvalue weighted by Gasteiger charge is -2.24. The molecule has 150 valence electrons. The maximum atomic E-state index is 12.8. The van der Waals surface area contributed by atoms with Crippen LogP contribution in [0.1, 0.15) is 27.9 Å². The van der Waals surface area contributed by atoms with E-state index in [4.69, 9.17) is 4.74 Å². The minimum atomic E-state index is -0.556. The van der Waals surface area contributed by atoms with Gasteiger partial charge in [-0.2, -0.15) is 0 Å². The first-order chi connectivity index (χ1) is 13.5. The van der Waals surface area contributed by atoms with Gasteiger partial charge in [0.15, 0.2) is 0 Å². The van der Waals surface area contributed by atoms with E-state index >= 15 is 0 Å². The van der Waals surface area contributed by atoms with Gasteiger partial charge in [-0.3, -0.25) is 9.69 Å². The zero-order valence-corrected chi connectivity index (χ0v) is 16.8. The number of carbonyl (C=O) groups is 1. The molecule has 28 heavy (non-hydrogen) atoms. The number of hydrogen-bond acceptors (Lipinski definition) is 4. The fraction of sp³-hybridized carbons (Fsp3) is 0.435. The first kappa shape index (κ1) is 20.4. The molecular formula is C23H30N2O3. The van der Waals surface area contributed by atoms with Crippen LogP contribution in [-0.4, -0.2) is 66.2 Å². The van der Waals surface area contributed by atoms with Crippen molar-refractivity contribution in [1.82, 2.24) is 9.80 Å². The number of ether oxygens (including phenoxy) is 1. The first-order valence-corrected chi connectivity index (χ1v) is 9.97. The van der Waals surface area contributed by atoms with Crippen molar-refractivity contribution in [3.63, 3.8) is 0 Å². The largest absolute Gasteiger partial charge is 0.491 e. The predicted octanol–water partition coefficient (Wildman–Crippen LogP) is 2.89. The van der Waals surface area contributed by atoms with Crippen LogP contribution in [0.3, 0.4) is 0 Å². The molecule has 1 amide bonds. The third-order valence-corrected chi connectivity index (χ3v) is 5.04. The van der Waals surface area contributed by atoms with E-state index in [1.54, 1.807) is 0 Å². The van der Waals surface area contributed by atoms with Crippen molar-refractivity contribution in [3.8, 4) is 5.75 Å². The number of carbonyl (C=O) groups excluding carboxylic acids is 1. The van der Waals surface area contributed by atoms with Crippen LogP contribution in [0, 0.1) is 13.8 Å². The van der Waals surface area contributed by atoms with Gasteiger partial charge in [0.25, 0.3) is 5.91 Å². The number of aryl methyl sites for hydroxylation is 2. The average molecular weight is 383 g/mol. The average Bonchev–Trinajstić information content (AvgIpc) is 2.91. The monoisotopic (exact) mass is 382 g/mol. The summed E-state index contributed by atoms with van der Waals surface area (Å²) in [5.41, 5.74) is 2.98. The number of aliphatic hydroxyl groups excluding tert-OH is 1. The number of amides is 1. The van der Waals surface area contributed by atoms with Gasteiger partial charge in [0, 0.05) is 31.7 Å². The lowest BCUT2D eigenvalue weighted by Crippen LogP contribution is -2.39. The fourth-order valence-corrected chi connectivity index (χ4v) is 3.57. The Hall–Kier alpha value is -2.37. The Labute approximate surface area is 167 Å². The van der Waals surface area contributed by atoms with E-state index in [-0.39, 0.29) is 12.5 Å². The minimum Gasteiger partial charge on any atom is -0.491 e. The minimum absolute atomic E-state index is 0.0916. The molecule has 1 fully saturated rings. The van der Waals surface area contributed by atoms with Gasteiger partial charge in [-0.05, 0) is 56.6 Å². The second-order valence-corrected chi connectivity index (χ2v) is 7.60. The molecule has 0 aromatic heterocycles. The van der Waals surface area contributed by atoms with Crippen molar-refractivity contribution in [3.05, 3.63) is 65.2 Å². The summed E-state index contributed by atoms with van der Waals surface area (Å²) < 4.78 is 5.71. The van der Waals surface area contributed by atoms with Gasteiger partial charge in [-0.1, -0.05) is 29.8 Å². The van der Waals surface area contributed by atoms with Gasteiger partial charge in [-0.25, -0.2) is 0 Å². The molecule has 1 atom stereocenters. The number of β-amino-alcohol motifs (C(OH)–C–C–N with tert-alkyl or cyclic N) is 1. The van der Waals surface area contributed by atoms with Crippen molar-refractivity contribution in [2.45, 2.75) is 26.4 Å². The summed E-state index contributed by atoms with van der Waals surface area (Å²) in [5, 5.41) is 10.4. The van der Waals surface area contributed by atoms with Crippen LogP contribution in [0.15, 0.2) is 48.5 Å². The molecule has 1 unspecified atom stereocenters. The smallest absolute Gasteiger partial charge is 0.253 e. The number of nitrogens with zero attached hydrogens (tertiary/aromatic N) is 2. The Kier molecular flexibility index (Phi) is 7.06. The van der Waals surface area contributed by atoms with E-state index < -0.39 is 6.10 Å². The molecule has 5 nitrogen and oxygen atoms in total. The van der Waals surface area contributed by atoms with Crippen LogP contribution < -0.4 is 4.74 Å². The molecule has 0 bridgehead atoms. The van der Waals surface area contributed by atoms with Gasteiger partial charge < -0.3 is 14.7 Å². The molecule has 0 saturated carbocycles. The van der Waals surface area contributed by atoms with Crippen molar-refractivity contribution in [2.24, 2.45) is 0 Å². The van der Waals surface area contributed by atoms with E-state index in [2.05, 4.69) is 4.90 Å². The van der Waals surface area contributed by atoms with Crippen LogP contribution in [0.4, 0.5) is 0 Å². The van der Waals surface area contributed by atoms with Gasteiger partial charge >= 0.3 is 0 Å². The SMILES string of the molecule is Cc1cccc(OCC(O)CN2CCCN(C(=O)c3cccc(C)c3)CC2)c1. The lowest BCUT2D eigenvalue weighted by molar-refractivity contribution is 0.0670. The third kappa shape index (κ3) is 5.81. The van der Waals surface area contributed by atoms with Crippen molar-refractivity contribution in [2.75, 3.05) is 39.3 Å². The third-order valence-electron chi connectivity index (χ3n) is 5.04. The molecule has 0 aliphatic carbocycles. The normalized spacial score (nSPS) is 16.5. The highest BCUT2D eigenvalue weighted by Crippen LogP contribution is 2.14. The van der Waals surface area contributed by atoms with E-state index in [0.29, 0.717) is 13.1 Å². The number of rotatable bonds is 6. The predicted molar refractivity (Wildman–Crippen MR) is 111 cm³/mol.